The second kappa shape index (κ2) is 5.96. The summed E-state index contributed by atoms with van der Waals surface area (Å²) in [4.78, 5) is 10.8. The molecule has 1 aromatic heterocycles. The van der Waals surface area contributed by atoms with Gasteiger partial charge in [0.25, 0.3) is 0 Å². The van der Waals surface area contributed by atoms with Gasteiger partial charge in [0.1, 0.15) is 0 Å². The van der Waals surface area contributed by atoms with Crippen LogP contribution in [0.2, 0.25) is 0 Å². The molecule has 96 valence electrons. The molecular weight excluding hydrogens is 212 g/mol. The van der Waals surface area contributed by atoms with E-state index in [1.54, 1.807) is 0 Å². The monoisotopic (exact) mass is 236 g/mol. The van der Waals surface area contributed by atoms with Crippen molar-refractivity contribution in [2.24, 2.45) is 5.92 Å². The lowest BCUT2D eigenvalue weighted by Gasteiger charge is -2.27. The Morgan fingerprint density at radius 3 is 2.35 bits per heavy atom. The second-order valence-corrected chi connectivity index (χ2v) is 5.02. The average molecular weight is 236 g/mol. The summed E-state index contributed by atoms with van der Waals surface area (Å²) in [6.07, 6.45) is 1.84. The van der Waals surface area contributed by atoms with E-state index in [0.717, 1.165) is 11.6 Å². The van der Waals surface area contributed by atoms with E-state index in [-0.39, 0.29) is 0 Å². The molecule has 0 fully saturated rings. The third kappa shape index (κ3) is 3.40. The molecule has 17 heavy (non-hydrogen) atoms. The molecule has 0 amide bonds. The summed E-state index contributed by atoms with van der Waals surface area (Å²) in [6, 6.07) is 2.42. The van der Waals surface area contributed by atoms with E-state index in [4.69, 9.17) is 0 Å². The van der Waals surface area contributed by atoms with Gasteiger partial charge in [0, 0.05) is 32.3 Å². The van der Waals surface area contributed by atoms with E-state index in [2.05, 4.69) is 36.1 Å². The highest BCUT2D eigenvalue weighted by Crippen LogP contribution is 2.26. The maximum atomic E-state index is 4.64. The molecule has 2 unspecified atom stereocenters. The standard InChI is InChI=1S/C13H24N4/c1-9(2)12(10(3)14-4)11-7-8-15-13(16-11)17(5)6/h7-10,12,14H,1-6H3. The maximum absolute atomic E-state index is 4.64. The fraction of sp³-hybridized carbons (Fsp3) is 0.692. The van der Waals surface area contributed by atoms with Gasteiger partial charge in [-0.15, -0.1) is 0 Å². The van der Waals surface area contributed by atoms with E-state index in [9.17, 15) is 0 Å². The molecule has 0 radical (unpaired) electrons. The van der Waals surface area contributed by atoms with Gasteiger partial charge in [0.05, 0.1) is 5.69 Å². The van der Waals surface area contributed by atoms with E-state index in [1.165, 1.54) is 0 Å². The first-order valence-corrected chi connectivity index (χ1v) is 6.15. The van der Waals surface area contributed by atoms with Crippen molar-refractivity contribution in [3.63, 3.8) is 0 Å². The first kappa shape index (κ1) is 13.9. The molecule has 2 atom stereocenters. The third-order valence-corrected chi connectivity index (χ3v) is 3.12. The van der Waals surface area contributed by atoms with Crippen LogP contribution in [-0.2, 0) is 0 Å². The number of hydrogen-bond acceptors (Lipinski definition) is 4. The third-order valence-electron chi connectivity index (χ3n) is 3.12. The predicted molar refractivity (Wildman–Crippen MR) is 72.5 cm³/mol. The Bertz CT molecular complexity index is 349. The van der Waals surface area contributed by atoms with Crippen molar-refractivity contribution in [2.75, 3.05) is 26.0 Å². The Balaban J connectivity index is 3.06. The van der Waals surface area contributed by atoms with Crippen LogP contribution < -0.4 is 10.2 Å². The molecule has 1 aromatic rings. The SMILES string of the molecule is CNC(C)C(c1ccnc(N(C)C)n1)C(C)C. The van der Waals surface area contributed by atoms with Crippen LogP contribution in [0.15, 0.2) is 12.3 Å². The fourth-order valence-electron chi connectivity index (χ4n) is 2.12. The number of anilines is 1. The zero-order valence-electron chi connectivity index (χ0n) is 11.7. The Morgan fingerprint density at radius 2 is 1.88 bits per heavy atom. The number of nitrogens with one attached hydrogen (secondary N) is 1. The van der Waals surface area contributed by atoms with Crippen LogP contribution >= 0.6 is 0 Å². The van der Waals surface area contributed by atoms with Crippen LogP contribution in [0.3, 0.4) is 0 Å². The van der Waals surface area contributed by atoms with Crippen LogP contribution in [0.1, 0.15) is 32.4 Å². The Labute approximate surface area is 104 Å². The van der Waals surface area contributed by atoms with E-state index < -0.39 is 0 Å². The van der Waals surface area contributed by atoms with E-state index in [1.807, 2.05) is 38.3 Å². The Kier molecular flexibility index (Phi) is 4.87. The summed E-state index contributed by atoms with van der Waals surface area (Å²) in [5.74, 6) is 1.72. The maximum Gasteiger partial charge on any atom is 0.224 e. The Hall–Kier alpha value is -1.16. The molecule has 0 aromatic carbocycles. The quantitative estimate of drug-likeness (QED) is 0.847. The van der Waals surface area contributed by atoms with Crippen molar-refractivity contribution >= 4 is 5.95 Å². The molecule has 1 N–H and O–H groups in total. The minimum atomic E-state index is 0.403. The minimum Gasteiger partial charge on any atom is -0.347 e. The summed E-state index contributed by atoms with van der Waals surface area (Å²) >= 11 is 0. The van der Waals surface area contributed by atoms with Crippen LogP contribution in [0.4, 0.5) is 5.95 Å². The summed E-state index contributed by atoms with van der Waals surface area (Å²) in [5, 5.41) is 3.32. The fourth-order valence-corrected chi connectivity index (χ4v) is 2.12. The van der Waals surface area contributed by atoms with Crippen LogP contribution in [0, 0.1) is 5.92 Å². The van der Waals surface area contributed by atoms with Crippen molar-refractivity contribution < 1.29 is 0 Å². The van der Waals surface area contributed by atoms with Crippen LogP contribution in [0.5, 0.6) is 0 Å². The highest BCUT2D eigenvalue weighted by Gasteiger charge is 2.23. The van der Waals surface area contributed by atoms with E-state index >= 15 is 0 Å². The zero-order chi connectivity index (χ0) is 13.0. The predicted octanol–water partition coefficient (Wildman–Crippen LogP) is 1.89. The number of nitrogens with zero attached hydrogens (tertiary/aromatic N) is 3. The molecule has 0 aliphatic carbocycles. The van der Waals surface area contributed by atoms with Crippen molar-refractivity contribution in [1.82, 2.24) is 15.3 Å². The van der Waals surface area contributed by atoms with Gasteiger partial charge in [-0.1, -0.05) is 13.8 Å². The number of aromatic nitrogens is 2. The lowest BCUT2D eigenvalue weighted by atomic mass is 9.86. The van der Waals surface area contributed by atoms with Gasteiger partial charge in [0.15, 0.2) is 0 Å². The molecule has 1 rings (SSSR count). The summed E-state index contributed by atoms with van der Waals surface area (Å²) in [5.41, 5.74) is 1.11. The van der Waals surface area contributed by atoms with Gasteiger partial charge in [0.2, 0.25) is 5.95 Å². The van der Waals surface area contributed by atoms with Crippen molar-refractivity contribution in [1.29, 1.82) is 0 Å². The highest BCUT2D eigenvalue weighted by atomic mass is 15.2. The van der Waals surface area contributed by atoms with Gasteiger partial charge in [-0.3, -0.25) is 0 Å². The normalized spacial score (nSPS) is 14.8. The smallest absolute Gasteiger partial charge is 0.224 e. The highest BCUT2D eigenvalue weighted by molar-refractivity contribution is 5.28. The topological polar surface area (TPSA) is 41.1 Å². The zero-order valence-corrected chi connectivity index (χ0v) is 11.7. The second-order valence-electron chi connectivity index (χ2n) is 5.02. The number of rotatable bonds is 5. The van der Waals surface area contributed by atoms with Gasteiger partial charge in [-0.05, 0) is 26.0 Å². The molecule has 4 heteroatoms. The summed E-state index contributed by atoms with van der Waals surface area (Å²) in [6.45, 7) is 6.66. The van der Waals surface area contributed by atoms with Gasteiger partial charge < -0.3 is 10.2 Å². The lowest BCUT2D eigenvalue weighted by molar-refractivity contribution is 0.388. The molecular formula is C13H24N4. The molecule has 0 saturated heterocycles. The molecule has 0 saturated carbocycles. The first-order valence-electron chi connectivity index (χ1n) is 6.15. The molecule has 1 heterocycles. The first-order chi connectivity index (χ1) is 7.97. The van der Waals surface area contributed by atoms with Crippen LogP contribution in [-0.4, -0.2) is 37.2 Å². The lowest BCUT2D eigenvalue weighted by Crippen LogP contribution is -2.32. The largest absolute Gasteiger partial charge is 0.347 e. The molecule has 0 bridgehead atoms. The van der Waals surface area contributed by atoms with Gasteiger partial charge >= 0.3 is 0 Å². The van der Waals surface area contributed by atoms with Crippen molar-refractivity contribution in [2.45, 2.75) is 32.7 Å². The van der Waals surface area contributed by atoms with Gasteiger partial charge in [-0.2, -0.15) is 0 Å². The minimum absolute atomic E-state index is 0.403. The molecule has 0 aliphatic heterocycles. The van der Waals surface area contributed by atoms with E-state index in [0.29, 0.717) is 17.9 Å². The molecule has 0 spiro atoms. The molecule has 4 nitrogen and oxygen atoms in total. The summed E-state index contributed by atoms with van der Waals surface area (Å²) < 4.78 is 0. The Morgan fingerprint density at radius 1 is 1.24 bits per heavy atom. The summed E-state index contributed by atoms with van der Waals surface area (Å²) in [7, 11) is 5.92. The molecule has 0 aliphatic rings. The number of hydrogen-bond donors (Lipinski definition) is 1. The van der Waals surface area contributed by atoms with Crippen LogP contribution in [0.25, 0.3) is 0 Å². The van der Waals surface area contributed by atoms with Crippen molar-refractivity contribution in [3.05, 3.63) is 18.0 Å². The average Bonchev–Trinajstić information content (AvgIpc) is 2.28. The number of likely N-dealkylation sites (N-methyl/N-ethyl adjacent to an activating group) is 1. The van der Waals surface area contributed by atoms with Gasteiger partial charge in [-0.25, -0.2) is 9.97 Å². The van der Waals surface area contributed by atoms with Crippen molar-refractivity contribution in [3.8, 4) is 0 Å².